The lowest BCUT2D eigenvalue weighted by molar-refractivity contribution is -0.116. The summed E-state index contributed by atoms with van der Waals surface area (Å²) in [6.45, 7) is 3.37. The van der Waals surface area contributed by atoms with E-state index < -0.39 is 17.5 Å². The summed E-state index contributed by atoms with van der Waals surface area (Å²) in [6, 6.07) is 13.5. The molecule has 3 aromatic heterocycles. The van der Waals surface area contributed by atoms with Crippen molar-refractivity contribution in [1.82, 2.24) is 19.7 Å². The highest BCUT2D eigenvalue weighted by Crippen LogP contribution is 2.24. The molecule has 1 N–H and O–H groups in total. The second-order valence-corrected chi connectivity index (χ2v) is 8.27. The third-order valence-electron chi connectivity index (χ3n) is 5.56. The second kappa shape index (κ2) is 9.14. The van der Waals surface area contributed by atoms with Crippen LogP contribution in [-0.2, 0) is 11.3 Å². The van der Waals surface area contributed by atoms with Crippen molar-refractivity contribution in [1.29, 1.82) is 0 Å². The van der Waals surface area contributed by atoms with Gasteiger partial charge in [0, 0.05) is 29.2 Å². The minimum atomic E-state index is -0.820. The lowest BCUT2D eigenvalue weighted by Crippen LogP contribution is -2.22. The number of nitrogens with one attached hydrogen (secondary N) is 1. The molecule has 0 aliphatic rings. The van der Waals surface area contributed by atoms with Gasteiger partial charge in [0.15, 0.2) is 0 Å². The fraction of sp³-hybridized carbons (Fsp3) is 0.115. The number of benzene rings is 2. The van der Waals surface area contributed by atoms with E-state index in [1.165, 1.54) is 10.8 Å². The lowest BCUT2D eigenvalue weighted by atomic mass is 10.1. The number of hydrogen-bond donors (Lipinski definition) is 1. The summed E-state index contributed by atoms with van der Waals surface area (Å²) >= 11 is 0. The van der Waals surface area contributed by atoms with Gasteiger partial charge in [0.05, 0.1) is 5.39 Å². The molecule has 0 radical (unpaired) electrons. The van der Waals surface area contributed by atoms with Gasteiger partial charge in [-0.2, -0.15) is 4.98 Å². The Morgan fingerprint density at radius 3 is 2.50 bits per heavy atom. The van der Waals surface area contributed by atoms with E-state index in [0.717, 1.165) is 23.3 Å². The first-order valence-electron chi connectivity index (χ1n) is 11.0. The molecule has 0 saturated heterocycles. The van der Waals surface area contributed by atoms with E-state index >= 15 is 0 Å². The van der Waals surface area contributed by atoms with Crippen molar-refractivity contribution in [3.8, 4) is 22.8 Å². The van der Waals surface area contributed by atoms with Crippen LogP contribution in [0, 0.1) is 25.5 Å². The minimum absolute atomic E-state index is 0.0120. The Hall–Kier alpha value is -4.73. The topological polar surface area (TPSA) is 103 Å². The molecule has 2 aromatic carbocycles. The first-order valence-corrected chi connectivity index (χ1v) is 11.0. The molecule has 3 heterocycles. The molecule has 36 heavy (non-hydrogen) atoms. The fourth-order valence-corrected chi connectivity index (χ4v) is 3.88. The maximum absolute atomic E-state index is 13.5. The Bertz CT molecular complexity index is 1670. The number of rotatable bonds is 5. The average molecular weight is 487 g/mol. The molecule has 10 heteroatoms. The zero-order valence-corrected chi connectivity index (χ0v) is 19.3. The highest BCUT2D eigenvalue weighted by atomic mass is 19.1. The number of aryl methyl sites for hydroxylation is 2. The van der Waals surface area contributed by atoms with Crippen LogP contribution in [0.5, 0.6) is 0 Å². The molecule has 0 spiro atoms. The number of halogens is 2. The second-order valence-electron chi connectivity index (χ2n) is 8.27. The Morgan fingerprint density at radius 1 is 1.00 bits per heavy atom. The zero-order chi connectivity index (χ0) is 25.4. The van der Waals surface area contributed by atoms with Crippen molar-refractivity contribution in [2.24, 2.45) is 0 Å². The molecule has 180 valence electrons. The van der Waals surface area contributed by atoms with Crippen molar-refractivity contribution in [2.75, 3.05) is 5.32 Å². The summed E-state index contributed by atoms with van der Waals surface area (Å²) in [6.07, 6.45) is 1.41. The van der Waals surface area contributed by atoms with Crippen LogP contribution in [0.25, 0.3) is 33.9 Å². The number of carbonyl (C=O) groups excluding carboxylic acids is 1. The monoisotopic (exact) mass is 487 g/mol. The number of aromatic nitrogens is 4. The van der Waals surface area contributed by atoms with Crippen molar-refractivity contribution in [3.63, 3.8) is 0 Å². The van der Waals surface area contributed by atoms with Crippen molar-refractivity contribution in [2.45, 2.75) is 20.4 Å². The maximum Gasteiger partial charge on any atom is 0.263 e. The summed E-state index contributed by atoms with van der Waals surface area (Å²) in [7, 11) is 0. The highest BCUT2D eigenvalue weighted by molar-refractivity contribution is 5.92. The van der Waals surface area contributed by atoms with E-state index in [2.05, 4.69) is 20.4 Å². The van der Waals surface area contributed by atoms with Gasteiger partial charge in [-0.15, -0.1) is 0 Å². The summed E-state index contributed by atoms with van der Waals surface area (Å²) < 4.78 is 33.9. The van der Waals surface area contributed by atoms with Crippen molar-refractivity contribution < 1.29 is 18.1 Å². The van der Waals surface area contributed by atoms with E-state index in [0.29, 0.717) is 17.6 Å². The molecule has 0 saturated carbocycles. The molecule has 0 unspecified atom stereocenters. The molecule has 5 aromatic rings. The summed E-state index contributed by atoms with van der Waals surface area (Å²) in [5, 5.41) is 6.73. The quantitative estimate of drug-likeness (QED) is 0.387. The van der Waals surface area contributed by atoms with E-state index in [4.69, 9.17) is 4.52 Å². The van der Waals surface area contributed by atoms with E-state index in [1.807, 2.05) is 31.2 Å². The van der Waals surface area contributed by atoms with Gasteiger partial charge in [-0.05, 0) is 43.7 Å². The van der Waals surface area contributed by atoms with E-state index in [1.54, 1.807) is 19.1 Å². The van der Waals surface area contributed by atoms with Crippen LogP contribution in [0.3, 0.4) is 0 Å². The third kappa shape index (κ3) is 4.48. The van der Waals surface area contributed by atoms with Crippen LogP contribution in [-0.4, -0.2) is 25.6 Å². The lowest BCUT2D eigenvalue weighted by Gasteiger charge is -2.12. The molecule has 0 fully saturated rings. The summed E-state index contributed by atoms with van der Waals surface area (Å²) in [5.74, 6) is -1.91. The highest BCUT2D eigenvalue weighted by Gasteiger charge is 2.20. The van der Waals surface area contributed by atoms with Gasteiger partial charge in [0.2, 0.25) is 17.2 Å². The number of amides is 1. The molecular weight excluding hydrogens is 468 g/mol. The summed E-state index contributed by atoms with van der Waals surface area (Å²) in [4.78, 5) is 34.9. The number of carbonyl (C=O) groups is 1. The SMILES string of the molecule is Cc1ccc2c(=O)c(-c3nc(-c4ccccc4C)no3)cn(CC(=O)Nc3cc(F)cc(F)c3)c2n1. The van der Waals surface area contributed by atoms with Crippen LogP contribution in [0.4, 0.5) is 14.5 Å². The Labute approximate surface area is 203 Å². The molecule has 1 amide bonds. The number of pyridine rings is 2. The van der Waals surface area contributed by atoms with Gasteiger partial charge in [0.25, 0.3) is 5.89 Å². The number of fused-ring (bicyclic) bond motifs is 1. The van der Waals surface area contributed by atoms with Gasteiger partial charge >= 0.3 is 0 Å². The predicted molar refractivity (Wildman–Crippen MR) is 129 cm³/mol. The Balaban J connectivity index is 1.56. The molecule has 5 rings (SSSR count). The molecule has 0 bridgehead atoms. The molecule has 0 atom stereocenters. The van der Waals surface area contributed by atoms with Crippen LogP contribution in [0.1, 0.15) is 11.3 Å². The van der Waals surface area contributed by atoms with Crippen LogP contribution in [0.15, 0.2) is 70.1 Å². The third-order valence-corrected chi connectivity index (χ3v) is 5.56. The molecular formula is C26H19F2N5O3. The van der Waals surface area contributed by atoms with Gasteiger partial charge < -0.3 is 14.4 Å². The molecule has 8 nitrogen and oxygen atoms in total. The van der Waals surface area contributed by atoms with Gasteiger partial charge in [-0.3, -0.25) is 9.59 Å². The number of anilines is 1. The van der Waals surface area contributed by atoms with Gasteiger partial charge in [-0.1, -0.05) is 29.4 Å². The normalized spacial score (nSPS) is 11.1. The maximum atomic E-state index is 13.5. The van der Waals surface area contributed by atoms with E-state index in [-0.39, 0.29) is 40.1 Å². The Kier molecular flexibility index (Phi) is 5.85. The molecule has 0 aliphatic heterocycles. The summed E-state index contributed by atoms with van der Waals surface area (Å²) in [5.41, 5.74) is 2.26. The van der Waals surface area contributed by atoms with Gasteiger partial charge in [-0.25, -0.2) is 13.8 Å². The predicted octanol–water partition coefficient (Wildman–Crippen LogP) is 4.65. The smallest absolute Gasteiger partial charge is 0.263 e. The average Bonchev–Trinajstić information content (AvgIpc) is 3.30. The standard InChI is InChI=1S/C26H19F2N5O3/c1-14-5-3-4-6-19(14)24-31-26(36-32-24)21-12-33(25-20(23(21)35)8-7-15(2)29-25)13-22(34)30-18-10-16(27)9-17(28)11-18/h3-12H,13H2,1-2H3,(H,30,34). The Morgan fingerprint density at radius 2 is 1.75 bits per heavy atom. The fourth-order valence-electron chi connectivity index (χ4n) is 3.88. The molecule has 0 aliphatic carbocycles. The van der Waals surface area contributed by atoms with Gasteiger partial charge in [0.1, 0.15) is 29.4 Å². The number of hydrogen-bond acceptors (Lipinski definition) is 6. The largest absolute Gasteiger partial charge is 0.333 e. The first-order chi connectivity index (χ1) is 17.3. The van der Waals surface area contributed by atoms with Crippen molar-refractivity contribution >= 4 is 22.6 Å². The van der Waals surface area contributed by atoms with E-state index in [9.17, 15) is 18.4 Å². The van der Waals surface area contributed by atoms with Crippen LogP contribution >= 0.6 is 0 Å². The van der Waals surface area contributed by atoms with Crippen molar-refractivity contribution in [3.05, 3.63) is 93.9 Å². The number of nitrogens with zero attached hydrogens (tertiary/aromatic N) is 4. The zero-order valence-electron chi connectivity index (χ0n) is 19.3. The first kappa shape index (κ1) is 23.0. The minimum Gasteiger partial charge on any atom is -0.333 e. The van der Waals surface area contributed by atoms with Crippen LogP contribution < -0.4 is 10.7 Å². The van der Waals surface area contributed by atoms with Crippen LogP contribution in [0.2, 0.25) is 0 Å².